The number of carboxylic acids is 1. The van der Waals surface area contributed by atoms with Crippen LogP contribution in [0.2, 0.25) is 0 Å². The van der Waals surface area contributed by atoms with Crippen LogP contribution in [0.25, 0.3) is 0 Å². The Labute approximate surface area is 119 Å². The molecule has 0 aliphatic heterocycles. The predicted octanol–water partition coefficient (Wildman–Crippen LogP) is 1.87. The quantitative estimate of drug-likeness (QED) is 0.641. The third-order valence-electron chi connectivity index (χ3n) is 2.67. The van der Waals surface area contributed by atoms with Crippen LogP contribution in [0.1, 0.15) is 25.3 Å². The lowest BCUT2D eigenvalue weighted by molar-refractivity contribution is -0.136. The molecule has 0 bridgehead atoms. The smallest absolute Gasteiger partial charge is 0.307 e. The maximum Gasteiger partial charge on any atom is 0.307 e. The summed E-state index contributed by atoms with van der Waals surface area (Å²) in [7, 11) is 0. The van der Waals surface area contributed by atoms with E-state index in [4.69, 9.17) is 14.6 Å². The zero-order valence-corrected chi connectivity index (χ0v) is 11.7. The van der Waals surface area contributed by atoms with Crippen LogP contribution < -0.4 is 4.74 Å². The Morgan fingerprint density at radius 2 is 1.95 bits per heavy atom. The van der Waals surface area contributed by atoms with Crippen molar-refractivity contribution in [1.82, 2.24) is 0 Å². The molecule has 112 valence electrons. The summed E-state index contributed by atoms with van der Waals surface area (Å²) in [5, 5.41) is 18.3. The number of hydrogen-bond donors (Lipinski definition) is 2. The zero-order chi connectivity index (χ0) is 14.8. The first-order chi connectivity index (χ1) is 9.61. The van der Waals surface area contributed by atoms with E-state index in [0.29, 0.717) is 17.9 Å². The van der Waals surface area contributed by atoms with Crippen molar-refractivity contribution in [2.24, 2.45) is 0 Å². The van der Waals surface area contributed by atoms with Crippen molar-refractivity contribution >= 4 is 5.97 Å². The number of benzene rings is 1. The van der Waals surface area contributed by atoms with E-state index in [2.05, 4.69) is 6.92 Å². The first kappa shape index (κ1) is 16.5. The Morgan fingerprint density at radius 1 is 1.25 bits per heavy atom. The topological polar surface area (TPSA) is 76.0 Å². The number of aliphatic hydroxyl groups excluding tert-OH is 1. The van der Waals surface area contributed by atoms with E-state index in [9.17, 15) is 9.90 Å². The fourth-order valence-electron chi connectivity index (χ4n) is 1.58. The zero-order valence-electron chi connectivity index (χ0n) is 11.7. The van der Waals surface area contributed by atoms with Crippen LogP contribution in [-0.4, -0.2) is 42.1 Å². The summed E-state index contributed by atoms with van der Waals surface area (Å²) < 4.78 is 10.7. The van der Waals surface area contributed by atoms with Gasteiger partial charge in [-0.2, -0.15) is 0 Å². The molecule has 1 atom stereocenters. The number of carbonyl (C=O) groups is 1. The average molecular weight is 282 g/mol. The Hall–Kier alpha value is -1.59. The van der Waals surface area contributed by atoms with Crippen LogP contribution in [-0.2, 0) is 16.0 Å². The molecule has 0 saturated heterocycles. The Morgan fingerprint density at radius 3 is 2.55 bits per heavy atom. The number of carboxylic acid groups (broad SMARTS) is 1. The first-order valence-electron chi connectivity index (χ1n) is 6.81. The van der Waals surface area contributed by atoms with E-state index in [1.54, 1.807) is 24.3 Å². The standard InChI is InChI=1S/C15H22O5/c1-2-3-8-19-10-13(16)11-20-14-6-4-12(5-7-14)9-15(17)18/h4-7,13,16H,2-3,8-11H2,1H3,(H,17,18). The lowest BCUT2D eigenvalue weighted by Crippen LogP contribution is -2.23. The molecule has 5 heteroatoms. The molecule has 0 fully saturated rings. The molecule has 0 heterocycles. The summed E-state index contributed by atoms with van der Waals surface area (Å²) in [5.41, 5.74) is 0.716. The van der Waals surface area contributed by atoms with Gasteiger partial charge in [0.15, 0.2) is 0 Å². The van der Waals surface area contributed by atoms with Crippen molar-refractivity contribution in [3.8, 4) is 5.75 Å². The van der Waals surface area contributed by atoms with Crippen LogP contribution in [0, 0.1) is 0 Å². The van der Waals surface area contributed by atoms with Crippen molar-refractivity contribution in [1.29, 1.82) is 0 Å². The van der Waals surface area contributed by atoms with Gasteiger partial charge in [-0.15, -0.1) is 0 Å². The van der Waals surface area contributed by atoms with Gasteiger partial charge in [-0.3, -0.25) is 4.79 Å². The Balaban J connectivity index is 2.25. The van der Waals surface area contributed by atoms with E-state index in [1.165, 1.54) is 0 Å². The molecular weight excluding hydrogens is 260 g/mol. The molecule has 2 N–H and O–H groups in total. The molecular formula is C15H22O5. The first-order valence-corrected chi connectivity index (χ1v) is 6.81. The van der Waals surface area contributed by atoms with Gasteiger partial charge in [-0.25, -0.2) is 0 Å². The lowest BCUT2D eigenvalue weighted by atomic mass is 10.1. The van der Waals surface area contributed by atoms with Crippen molar-refractivity contribution < 1.29 is 24.5 Å². The summed E-state index contributed by atoms with van der Waals surface area (Å²) in [6.45, 7) is 3.15. The molecule has 1 aromatic carbocycles. The third kappa shape index (κ3) is 7.11. The molecule has 1 rings (SSSR count). The summed E-state index contributed by atoms with van der Waals surface area (Å²) in [6.07, 6.45) is 1.38. The van der Waals surface area contributed by atoms with Gasteiger partial charge in [0.05, 0.1) is 13.0 Å². The van der Waals surface area contributed by atoms with Gasteiger partial charge in [0, 0.05) is 6.61 Å². The second-order valence-electron chi connectivity index (χ2n) is 4.61. The van der Waals surface area contributed by atoms with Crippen molar-refractivity contribution in [2.45, 2.75) is 32.3 Å². The van der Waals surface area contributed by atoms with Crippen LogP contribution in [0.15, 0.2) is 24.3 Å². The van der Waals surface area contributed by atoms with Crippen molar-refractivity contribution in [3.05, 3.63) is 29.8 Å². The second-order valence-corrected chi connectivity index (χ2v) is 4.61. The minimum atomic E-state index is -0.863. The van der Waals surface area contributed by atoms with E-state index in [1.807, 2.05) is 0 Å². The summed E-state index contributed by atoms with van der Waals surface area (Å²) in [4.78, 5) is 10.5. The molecule has 5 nitrogen and oxygen atoms in total. The van der Waals surface area contributed by atoms with Gasteiger partial charge in [0.25, 0.3) is 0 Å². The molecule has 20 heavy (non-hydrogen) atoms. The molecule has 0 aliphatic carbocycles. The number of unbranched alkanes of at least 4 members (excludes halogenated alkanes) is 1. The fourth-order valence-corrected chi connectivity index (χ4v) is 1.58. The molecule has 0 spiro atoms. The molecule has 0 amide bonds. The molecule has 1 aromatic rings. The van der Waals surface area contributed by atoms with Gasteiger partial charge >= 0.3 is 5.97 Å². The number of hydrogen-bond acceptors (Lipinski definition) is 4. The highest BCUT2D eigenvalue weighted by molar-refractivity contribution is 5.70. The highest BCUT2D eigenvalue weighted by atomic mass is 16.5. The second kappa shape index (κ2) is 9.34. The highest BCUT2D eigenvalue weighted by Crippen LogP contribution is 2.13. The maximum atomic E-state index is 10.5. The number of aliphatic hydroxyl groups is 1. The summed E-state index contributed by atoms with van der Waals surface area (Å²) in [6, 6.07) is 6.80. The average Bonchev–Trinajstić information content (AvgIpc) is 2.42. The van der Waals surface area contributed by atoms with Gasteiger partial charge in [0.2, 0.25) is 0 Å². The van der Waals surface area contributed by atoms with Crippen LogP contribution >= 0.6 is 0 Å². The van der Waals surface area contributed by atoms with Crippen molar-refractivity contribution in [2.75, 3.05) is 19.8 Å². The predicted molar refractivity (Wildman–Crippen MR) is 75.0 cm³/mol. The molecule has 0 saturated carbocycles. The maximum absolute atomic E-state index is 10.5. The van der Waals surface area contributed by atoms with Crippen LogP contribution in [0.4, 0.5) is 0 Å². The molecule has 0 aliphatic rings. The normalized spacial score (nSPS) is 12.1. The summed E-state index contributed by atoms with van der Waals surface area (Å²) in [5.74, 6) is -0.259. The summed E-state index contributed by atoms with van der Waals surface area (Å²) >= 11 is 0. The SMILES string of the molecule is CCCCOCC(O)COc1ccc(CC(=O)O)cc1. The fraction of sp³-hybridized carbons (Fsp3) is 0.533. The van der Waals surface area contributed by atoms with E-state index in [0.717, 1.165) is 12.8 Å². The van der Waals surface area contributed by atoms with Crippen molar-refractivity contribution in [3.63, 3.8) is 0 Å². The van der Waals surface area contributed by atoms with Gasteiger partial charge in [0.1, 0.15) is 18.5 Å². The number of aliphatic carboxylic acids is 1. The van der Waals surface area contributed by atoms with Gasteiger partial charge < -0.3 is 19.7 Å². The monoisotopic (exact) mass is 282 g/mol. The molecule has 0 aromatic heterocycles. The van der Waals surface area contributed by atoms with Crippen LogP contribution in [0.5, 0.6) is 5.75 Å². The van der Waals surface area contributed by atoms with Crippen LogP contribution in [0.3, 0.4) is 0 Å². The largest absolute Gasteiger partial charge is 0.491 e. The lowest BCUT2D eigenvalue weighted by Gasteiger charge is -2.13. The van der Waals surface area contributed by atoms with E-state index >= 15 is 0 Å². The highest BCUT2D eigenvalue weighted by Gasteiger charge is 2.06. The Bertz CT molecular complexity index is 388. The van der Waals surface area contributed by atoms with E-state index in [-0.39, 0.29) is 19.6 Å². The minimum Gasteiger partial charge on any atom is -0.491 e. The molecule has 0 radical (unpaired) electrons. The van der Waals surface area contributed by atoms with Gasteiger partial charge in [-0.05, 0) is 24.1 Å². The Kier molecular flexibility index (Phi) is 7.69. The molecule has 1 unspecified atom stereocenters. The number of ether oxygens (including phenoxy) is 2. The van der Waals surface area contributed by atoms with Gasteiger partial charge in [-0.1, -0.05) is 25.5 Å². The number of rotatable bonds is 10. The third-order valence-corrected chi connectivity index (χ3v) is 2.67. The minimum absolute atomic E-state index is 0.00578. The van der Waals surface area contributed by atoms with E-state index < -0.39 is 12.1 Å².